The highest BCUT2D eigenvalue weighted by atomic mass is 79.9. The van der Waals surface area contributed by atoms with Crippen molar-refractivity contribution in [2.75, 3.05) is 0 Å². The van der Waals surface area contributed by atoms with Crippen molar-refractivity contribution in [1.82, 2.24) is 4.98 Å². The van der Waals surface area contributed by atoms with Crippen LogP contribution in [0.2, 0.25) is 0 Å². The monoisotopic (exact) mass is 243 g/mol. The van der Waals surface area contributed by atoms with Gasteiger partial charge in [0.1, 0.15) is 5.76 Å². The third-order valence-corrected chi connectivity index (χ3v) is 3.21. The van der Waals surface area contributed by atoms with Crippen LogP contribution in [-0.2, 0) is 5.33 Å². The normalized spacial score (nSPS) is 19.2. The summed E-state index contributed by atoms with van der Waals surface area (Å²) in [4.78, 5) is 4.31. The largest absolute Gasteiger partial charge is 0.445 e. The van der Waals surface area contributed by atoms with Crippen molar-refractivity contribution in [2.45, 2.75) is 43.4 Å². The second kappa shape index (κ2) is 4.27. The molecule has 1 aliphatic carbocycles. The molecule has 2 rings (SSSR count). The van der Waals surface area contributed by atoms with Crippen molar-refractivity contribution in [3.8, 4) is 0 Å². The fourth-order valence-electron chi connectivity index (χ4n) is 1.92. The molecule has 0 spiro atoms. The molecule has 1 aromatic rings. The molecule has 1 saturated carbocycles. The minimum atomic E-state index is 0.585. The van der Waals surface area contributed by atoms with Crippen LogP contribution in [0.1, 0.15) is 49.7 Å². The summed E-state index contributed by atoms with van der Waals surface area (Å²) in [5.41, 5.74) is 0. The molecule has 13 heavy (non-hydrogen) atoms. The van der Waals surface area contributed by atoms with E-state index in [9.17, 15) is 0 Å². The molecule has 0 saturated heterocycles. The predicted octanol–water partition coefficient (Wildman–Crippen LogP) is 3.62. The highest BCUT2D eigenvalue weighted by molar-refractivity contribution is 9.08. The number of aromatic nitrogens is 1. The number of hydrogen-bond acceptors (Lipinski definition) is 2. The van der Waals surface area contributed by atoms with Crippen LogP contribution >= 0.6 is 15.9 Å². The van der Waals surface area contributed by atoms with Gasteiger partial charge in [-0.3, -0.25) is 0 Å². The molecular weight excluding hydrogens is 230 g/mol. The van der Waals surface area contributed by atoms with Crippen LogP contribution in [-0.4, -0.2) is 4.98 Å². The topological polar surface area (TPSA) is 26.0 Å². The summed E-state index contributed by atoms with van der Waals surface area (Å²) in [7, 11) is 0. The molecule has 1 heterocycles. The molecule has 0 aliphatic heterocycles. The van der Waals surface area contributed by atoms with E-state index in [1.807, 2.05) is 6.20 Å². The third-order valence-electron chi connectivity index (χ3n) is 2.66. The first-order valence-electron chi connectivity index (χ1n) is 4.90. The first kappa shape index (κ1) is 9.25. The standard InChI is InChI=1S/C10H14BrNO/c11-6-9-7-12-10(13-9)8-4-2-1-3-5-8/h7-8H,1-6H2. The van der Waals surface area contributed by atoms with Crippen molar-refractivity contribution in [3.63, 3.8) is 0 Å². The first-order chi connectivity index (χ1) is 6.40. The van der Waals surface area contributed by atoms with Gasteiger partial charge in [-0.1, -0.05) is 35.2 Å². The molecule has 1 fully saturated rings. The summed E-state index contributed by atoms with van der Waals surface area (Å²) < 4.78 is 5.61. The van der Waals surface area contributed by atoms with Crippen LogP contribution in [0.25, 0.3) is 0 Å². The number of halogens is 1. The Balaban J connectivity index is 2.05. The van der Waals surface area contributed by atoms with Gasteiger partial charge in [0.15, 0.2) is 5.89 Å². The Morgan fingerprint density at radius 2 is 2.15 bits per heavy atom. The number of nitrogens with zero attached hydrogens (tertiary/aromatic N) is 1. The molecule has 0 unspecified atom stereocenters. The van der Waals surface area contributed by atoms with Gasteiger partial charge in [-0.2, -0.15) is 0 Å². The lowest BCUT2D eigenvalue weighted by molar-refractivity contribution is 0.356. The zero-order chi connectivity index (χ0) is 9.10. The van der Waals surface area contributed by atoms with Gasteiger partial charge < -0.3 is 4.42 Å². The Bertz CT molecular complexity index is 266. The second-order valence-corrected chi connectivity index (χ2v) is 4.19. The number of oxazole rings is 1. The molecule has 72 valence electrons. The number of alkyl halides is 1. The van der Waals surface area contributed by atoms with Crippen molar-refractivity contribution >= 4 is 15.9 Å². The SMILES string of the molecule is BrCc1cnc(C2CCCCC2)o1. The Morgan fingerprint density at radius 3 is 2.77 bits per heavy atom. The maximum absolute atomic E-state index is 5.61. The van der Waals surface area contributed by atoms with Gasteiger partial charge >= 0.3 is 0 Å². The van der Waals surface area contributed by atoms with Crippen LogP contribution in [0.4, 0.5) is 0 Å². The van der Waals surface area contributed by atoms with E-state index in [1.165, 1.54) is 32.1 Å². The van der Waals surface area contributed by atoms with E-state index in [2.05, 4.69) is 20.9 Å². The Morgan fingerprint density at radius 1 is 1.38 bits per heavy atom. The highest BCUT2D eigenvalue weighted by Gasteiger charge is 2.19. The van der Waals surface area contributed by atoms with Gasteiger partial charge in [0.25, 0.3) is 0 Å². The summed E-state index contributed by atoms with van der Waals surface area (Å²) in [5.74, 6) is 2.48. The molecule has 1 aromatic heterocycles. The maximum atomic E-state index is 5.61. The van der Waals surface area contributed by atoms with E-state index in [1.54, 1.807) is 0 Å². The maximum Gasteiger partial charge on any atom is 0.197 e. The molecule has 0 amide bonds. The minimum Gasteiger partial charge on any atom is -0.445 e. The van der Waals surface area contributed by atoms with Crippen LogP contribution < -0.4 is 0 Å². The fourth-order valence-corrected chi connectivity index (χ4v) is 2.18. The summed E-state index contributed by atoms with van der Waals surface area (Å²) in [6, 6.07) is 0. The average molecular weight is 244 g/mol. The molecule has 0 radical (unpaired) electrons. The average Bonchev–Trinajstić information content (AvgIpc) is 2.67. The smallest absolute Gasteiger partial charge is 0.197 e. The Hall–Kier alpha value is -0.310. The van der Waals surface area contributed by atoms with E-state index in [0.29, 0.717) is 5.92 Å². The first-order valence-corrected chi connectivity index (χ1v) is 6.03. The van der Waals surface area contributed by atoms with E-state index in [0.717, 1.165) is 17.0 Å². The van der Waals surface area contributed by atoms with E-state index >= 15 is 0 Å². The van der Waals surface area contributed by atoms with Gasteiger partial charge in [0, 0.05) is 5.92 Å². The lowest BCUT2D eigenvalue weighted by atomic mass is 9.89. The zero-order valence-electron chi connectivity index (χ0n) is 7.63. The van der Waals surface area contributed by atoms with Gasteiger partial charge in [0.05, 0.1) is 11.5 Å². The molecule has 0 N–H and O–H groups in total. The van der Waals surface area contributed by atoms with Crippen molar-refractivity contribution in [2.24, 2.45) is 0 Å². The van der Waals surface area contributed by atoms with Crippen molar-refractivity contribution in [3.05, 3.63) is 17.8 Å². The molecular formula is C10H14BrNO. The lowest BCUT2D eigenvalue weighted by Crippen LogP contribution is -2.04. The van der Waals surface area contributed by atoms with Crippen LogP contribution in [0.5, 0.6) is 0 Å². The Labute approximate surface area is 86.9 Å². The van der Waals surface area contributed by atoms with Crippen molar-refractivity contribution < 1.29 is 4.42 Å². The number of rotatable bonds is 2. The molecule has 3 heteroatoms. The van der Waals surface area contributed by atoms with E-state index < -0.39 is 0 Å². The van der Waals surface area contributed by atoms with Gasteiger partial charge in [-0.15, -0.1) is 0 Å². The van der Waals surface area contributed by atoms with E-state index in [4.69, 9.17) is 4.42 Å². The summed E-state index contributed by atoms with van der Waals surface area (Å²) in [6.07, 6.45) is 8.37. The van der Waals surface area contributed by atoms with Crippen molar-refractivity contribution in [1.29, 1.82) is 0 Å². The third kappa shape index (κ3) is 2.13. The summed E-state index contributed by atoms with van der Waals surface area (Å²) in [6.45, 7) is 0. The summed E-state index contributed by atoms with van der Waals surface area (Å²) >= 11 is 3.36. The van der Waals surface area contributed by atoms with Crippen LogP contribution in [0.15, 0.2) is 10.6 Å². The zero-order valence-corrected chi connectivity index (χ0v) is 9.22. The van der Waals surface area contributed by atoms with Gasteiger partial charge in [-0.05, 0) is 12.8 Å². The quantitative estimate of drug-likeness (QED) is 0.742. The van der Waals surface area contributed by atoms with Gasteiger partial charge in [-0.25, -0.2) is 4.98 Å². The molecule has 0 aromatic carbocycles. The van der Waals surface area contributed by atoms with Crippen LogP contribution in [0.3, 0.4) is 0 Å². The fraction of sp³-hybridized carbons (Fsp3) is 0.700. The van der Waals surface area contributed by atoms with Crippen LogP contribution in [0, 0.1) is 0 Å². The number of hydrogen-bond donors (Lipinski definition) is 0. The minimum absolute atomic E-state index is 0.585. The predicted molar refractivity (Wildman–Crippen MR) is 55.0 cm³/mol. The lowest BCUT2D eigenvalue weighted by Gasteiger charge is -2.17. The molecule has 1 aliphatic rings. The van der Waals surface area contributed by atoms with Gasteiger partial charge in [0.2, 0.25) is 0 Å². The molecule has 0 atom stereocenters. The highest BCUT2D eigenvalue weighted by Crippen LogP contribution is 2.32. The molecule has 2 nitrogen and oxygen atoms in total. The Kier molecular flexibility index (Phi) is 3.04. The summed E-state index contributed by atoms with van der Waals surface area (Å²) in [5, 5.41) is 0.771. The molecule has 0 bridgehead atoms. The van der Waals surface area contributed by atoms with E-state index in [-0.39, 0.29) is 0 Å². The second-order valence-electron chi connectivity index (χ2n) is 3.63.